The molecule has 0 aliphatic carbocycles. The summed E-state index contributed by atoms with van der Waals surface area (Å²) < 4.78 is 168. The molecule has 0 bridgehead atoms. The number of rotatable bonds is 10. The van der Waals surface area contributed by atoms with Crippen LogP contribution in [0.4, 0.5) is 53.5 Å². The molecular formula is C12H12F10O9S. The number of halogens is 10. The molecule has 20 heteroatoms. The van der Waals surface area contributed by atoms with E-state index in [1.54, 1.807) is 0 Å². The second-order valence-electron chi connectivity index (χ2n) is 5.39. The average molecular weight is 522 g/mol. The van der Waals surface area contributed by atoms with Gasteiger partial charge >= 0.3 is 40.0 Å². The van der Waals surface area contributed by atoms with Gasteiger partial charge in [0.2, 0.25) is 0 Å². The maximum absolute atomic E-state index is 13.2. The fourth-order valence-corrected chi connectivity index (χ4v) is 1.96. The molecule has 0 spiro atoms. The second-order valence-corrected chi connectivity index (χ2v) is 6.89. The van der Waals surface area contributed by atoms with E-state index < -0.39 is 84.7 Å². The van der Waals surface area contributed by atoms with Crippen LogP contribution in [-0.4, -0.2) is 74.7 Å². The van der Waals surface area contributed by atoms with Crippen LogP contribution in [-0.2, 0) is 29.1 Å². The molecule has 0 radical (unpaired) electrons. The minimum Gasteiger partial charge on any atom is -0.434 e. The van der Waals surface area contributed by atoms with Gasteiger partial charge in [-0.2, -0.15) is 43.5 Å². The van der Waals surface area contributed by atoms with E-state index in [0.717, 1.165) is 0 Å². The normalized spacial score (nSPS) is 15.1. The molecule has 0 saturated carbocycles. The molecule has 0 aromatic heterocycles. The lowest BCUT2D eigenvalue weighted by molar-refractivity contribution is -0.252. The van der Waals surface area contributed by atoms with Crippen molar-refractivity contribution in [1.82, 2.24) is 0 Å². The van der Waals surface area contributed by atoms with Gasteiger partial charge in [-0.3, -0.25) is 4.55 Å². The SMILES string of the molecule is O=C(OCCCCOC(=O)OC(C(F)(F)F)C(F)(F)S(=O)(=O)O)OC(C(F)F)C(F)(F)F. The van der Waals surface area contributed by atoms with Gasteiger partial charge in [-0.15, -0.1) is 0 Å². The van der Waals surface area contributed by atoms with E-state index in [1.807, 2.05) is 0 Å². The molecule has 9 nitrogen and oxygen atoms in total. The lowest BCUT2D eigenvalue weighted by Crippen LogP contribution is -2.52. The van der Waals surface area contributed by atoms with Crippen LogP contribution >= 0.6 is 0 Å². The highest BCUT2D eigenvalue weighted by Crippen LogP contribution is 2.38. The molecule has 0 rings (SSSR count). The molecule has 0 amide bonds. The lowest BCUT2D eigenvalue weighted by Gasteiger charge is -2.25. The van der Waals surface area contributed by atoms with Gasteiger partial charge < -0.3 is 18.9 Å². The van der Waals surface area contributed by atoms with Crippen molar-refractivity contribution in [1.29, 1.82) is 0 Å². The molecular weight excluding hydrogens is 510 g/mol. The van der Waals surface area contributed by atoms with E-state index in [0.29, 0.717) is 0 Å². The summed E-state index contributed by atoms with van der Waals surface area (Å²) >= 11 is 0. The molecule has 0 aromatic rings. The molecule has 0 fully saturated rings. The lowest BCUT2D eigenvalue weighted by atomic mass is 10.3. The third-order valence-electron chi connectivity index (χ3n) is 2.91. The summed E-state index contributed by atoms with van der Waals surface area (Å²) in [6.45, 7) is -1.72. The Kier molecular flexibility index (Phi) is 10.3. The highest BCUT2D eigenvalue weighted by molar-refractivity contribution is 7.86. The van der Waals surface area contributed by atoms with Crippen LogP contribution in [0.1, 0.15) is 12.8 Å². The van der Waals surface area contributed by atoms with Crippen LogP contribution in [0.15, 0.2) is 0 Å². The van der Waals surface area contributed by atoms with Crippen molar-refractivity contribution in [3.8, 4) is 0 Å². The first-order valence-electron chi connectivity index (χ1n) is 7.64. The first-order valence-corrected chi connectivity index (χ1v) is 9.08. The molecule has 0 aromatic carbocycles. The molecule has 0 heterocycles. The smallest absolute Gasteiger partial charge is 0.434 e. The third kappa shape index (κ3) is 9.49. The maximum Gasteiger partial charge on any atom is 0.509 e. The first kappa shape index (κ1) is 29.8. The second kappa shape index (κ2) is 11.1. The highest BCUT2D eigenvalue weighted by atomic mass is 32.2. The zero-order valence-electron chi connectivity index (χ0n) is 15.0. The largest absolute Gasteiger partial charge is 0.509 e. The van der Waals surface area contributed by atoms with Crippen molar-refractivity contribution < 1.29 is 85.4 Å². The fraction of sp³-hybridized carbons (Fsp3) is 0.833. The van der Waals surface area contributed by atoms with Crippen LogP contribution in [0, 0.1) is 0 Å². The van der Waals surface area contributed by atoms with Crippen molar-refractivity contribution in [3.63, 3.8) is 0 Å². The highest BCUT2D eigenvalue weighted by Gasteiger charge is 2.66. The fourth-order valence-electron chi connectivity index (χ4n) is 1.51. The van der Waals surface area contributed by atoms with Gasteiger partial charge in [-0.25, -0.2) is 18.4 Å². The van der Waals surface area contributed by atoms with Crippen molar-refractivity contribution in [3.05, 3.63) is 0 Å². The molecule has 0 saturated heterocycles. The molecule has 1 N–H and O–H groups in total. The minimum absolute atomic E-state index is 0.405. The molecule has 190 valence electrons. The quantitative estimate of drug-likeness (QED) is 0.198. The number of unbranched alkanes of at least 4 members (excludes halogenated alkanes) is 1. The van der Waals surface area contributed by atoms with Crippen molar-refractivity contribution >= 4 is 22.4 Å². The average Bonchev–Trinajstić information content (AvgIpc) is 2.57. The van der Waals surface area contributed by atoms with Crippen LogP contribution < -0.4 is 0 Å². The van der Waals surface area contributed by atoms with E-state index in [1.165, 1.54) is 0 Å². The number of ether oxygens (including phenoxy) is 4. The summed E-state index contributed by atoms with van der Waals surface area (Å²) in [6, 6.07) is 0. The maximum atomic E-state index is 13.2. The standard InChI is InChI=1S/C12H12F10O9S/c13-6(14)5(10(15,16)17)30-8(23)28-3-1-2-4-29-9(24)31-7(11(18,19)20)12(21,22)32(25,26)27/h5-7H,1-4H2,(H,25,26,27). The number of alkyl halides is 10. The number of hydrogen-bond donors (Lipinski definition) is 1. The number of carbonyl (C=O) groups excluding carboxylic acids is 2. The van der Waals surface area contributed by atoms with E-state index in [9.17, 15) is 61.9 Å². The first-order chi connectivity index (χ1) is 14.2. The Labute approximate surface area is 171 Å². The van der Waals surface area contributed by atoms with E-state index in [2.05, 4.69) is 18.9 Å². The Morgan fingerprint density at radius 1 is 0.781 bits per heavy atom. The van der Waals surface area contributed by atoms with Crippen molar-refractivity contribution in [2.75, 3.05) is 13.2 Å². The third-order valence-corrected chi connectivity index (χ3v) is 3.82. The Bertz CT molecular complexity index is 735. The number of hydrogen-bond acceptors (Lipinski definition) is 8. The topological polar surface area (TPSA) is 125 Å². The van der Waals surface area contributed by atoms with E-state index in [4.69, 9.17) is 4.55 Å². The van der Waals surface area contributed by atoms with Gasteiger partial charge in [0, 0.05) is 0 Å². The van der Waals surface area contributed by atoms with Gasteiger partial charge in [0.05, 0.1) is 13.2 Å². The van der Waals surface area contributed by atoms with Crippen LogP contribution in [0.2, 0.25) is 0 Å². The Balaban J connectivity index is 4.50. The zero-order valence-corrected chi connectivity index (χ0v) is 15.8. The Morgan fingerprint density at radius 3 is 1.50 bits per heavy atom. The molecule has 0 aliphatic heterocycles. The summed E-state index contributed by atoms with van der Waals surface area (Å²) in [5.41, 5.74) is 0. The Morgan fingerprint density at radius 2 is 1.19 bits per heavy atom. The van der Waals surface area contributed by atoms with E-state index >= 15 is 0 Å². The van der Waals surface area contributed by atoms with Gasteiger partial charge in [0.1, 0.15) is 0 Å². The van der Waals surface area contributed by atoms with Crippen molar-refractivity contribution in [2.45, 2.75) is 49.1 Å². The van der Waals surface area contributed by atoms with Crippen LogP contribution in [0.5, 0.6) is 0 Å². The van der Waals surface area contributed by atoms with Crippen molar-refractivity contribution in [2.24, 2.45) is 0 Å². The van der Waals surface area contributed by atoms with Gasteiger partial charge in [-0.05, 0) is 12.8 Å². The zero-order chi connectivity index (χ0) is 25.5. The molecule has 0 aliphatic rings. The summed E-state index contributed by atoms with van der Waals surface area (Å²) in [5, 5.41) is -5.98. The summed E-state index contributed by atoms with van der Waals surface area (Å²) in [4.78, 5) is 22.0. The van der Waals surface area contributed by atoms with Gasteiger partial charge in [0.25, 0.3) is 18.6 Å². The number of carbonyl (C=O) groups is 2. The molecule has 2 atom stereocenters. The van der Waals surface area contributed by atoms with Crippen LogP contribution in [0.25, 0.3) is 0 Å². The minimum atomic E-state index is -6.66. The summed E-state index contributed by atoms with van der Waals surface area (Å²) in [7, 11) is -6.66. The van der Waals surface area contributed by atoms with E-state index in [-0.39, 0.29) is 0 Å². The van der Waals surface area contributed by atoms with Gasteiger partial charge in [-0.1, -0.05) is 0 Å². The summed E-state index contributed by atoms with van der Waals surface area (Å²) in [5.74, 6) is 0. The predicted octanol–water partition coefficient (Wildman–Crippen LogP) is 3.68. The predicted molar refractivity (Wildman–Crippen MR) is 76.3 cm³/mol. The summed E-state index contributed by atoms with van der Waals surface area (Å²) in [6.07, 6.45) is -29.7. The van der Waals surface area contributed by atoms with Gasteiger partial charge in [0.15, 0.2) is 0 Å². The molecule has 32 heavy (non-hydrogen) atoms. The monoisotopic (exact) mass is 522 g/mol. The Hall–Kier alpha value is -2.25. The molecule has 2 unspecified atom stereocenters. The van der Waals surface area contributed by atoms with Crippen LogP contribution in [0.3, 0.4) is 0 Å².